The summed E-state index contributed by atoms with van der Waals surface area (Å²) in [7, 11) is 0. The highest BCUT2D eigenvalue weighted by molar-refractivity contribution is 6.03. The van der Waals surface area contributed by atoms with Crippen LogP contribution in [0, 0.1) is 6.92 Å². The van der Waals surface area contributed by atoms with Gasteiger partial charge in [0.15, 0.2) is 11.3 Å². The number of benzene rings is 2. The average molecular weight is 373 g/mol. The average Bonchev–Trinajstić information content (AvgIpc) is 3.15. The molecule has 0 aliphatic carbocycles. The van der Waals surface area contributed by atoms with Gasteiger partial charge in [-0.1, -0.05) is 30.3 Å². The molecule has 4 rings (SSSR count). The monoisotopic (exact) mass is 373 g/mol. The Bertz CT molecular complexity index is 1120. The molecule has 2 heterocycles. The number of anilines is 1. The van der Waals surface area contributed by atoms with E-state index in [-0.39, 0.29) is 11.6 Å². The molecular weight excluding hydrogens is 354 g/mol. The van der Waals surface area contributed by atoms with E-state index < -0.39 is 0 Å². The van der Waals surface area contributed by atoms with Gasteiger partial charge in [-0.25, -0.2) is 4.52 Å². The third kappa shape index (κ3) is 3.29. The van der Waals surface area contributed by atoms with Gasteiger partial charge in [-0.2, -0.15) is 5.10 Å². The van der Waals surface area contributed by atoms with Crippen LogP contribution in [0.1, 0.15) is 23.1 Å². The molecule has 0 spiro atoms. The highest BCUT2D eigenvalue weighted by atomic mass is 16.5. The van der Waals surface area contributed by atoms with Crippen molar-refractivity contribution in [2.75, 3.05) is 11.9 Å². The number of hydrogen-bond donors (Lipinski definition) is 1. The van der Waals surface area contributed by atoms with Crippen molar-refractivity contribution in [2.45, 2.75) is 13.8 Å². The molecule has 140 valence electrons. The van der Waals surface area contributed by atoms with Gasteiger partial charge in [0.25, 0.3) is 5.91 Å². The second-order valence-electron chi connectivity index (χ2n) is 6.21. The zero-order valence-corrected chi connectivity index (χ0v) is 15.6. The molecule has 28 heavy (non-hydrogen) atoms. The molecule has 0 aliphatic heterocycles. The zero-order chi connectivity index (χ0) is 19.5. The van der Waals surface area contributed by atoms with E-state index in [9.17, 15) is 4.79 Å². The van der Waals surface area contributed by atoms with Crippen LogP contribution in [0.4, 0.5) is 5.69 Å². The number of carbonyl (C=O) groups excluding carboxylic acids is 1. The first-order valence-corrected chi connectivity index (χ1v) is 8.98. The molecule has 0 radical (unpaired) electrons. The van der Waals surface area contributed by atoms with Gasteiger partial charge in [0.2, 0.25) is 0 Å². The lowest BCUT2D eigenvalue weighted by Gasteiger charge is -2.09. The molecule has 7 nitrogen and oxygen atoms in total. The summed E-state index contributed by atoms with van der Waals surface area (Å²) in [5, 5.41) is 15.6. The molecule has 2 aromatic carbocycles. The van der Waals surface area contributed by atoms with E-state index in [0.717, 1.165) is 16.9 Å². The molecular formula is C21H19N5O2. The first-order valence-electron chi connectivity index (χ1n) is 8.98. The van der Waals surface area contributed by atoms with Gasteiger partial charge < -0.3 is 10.1 Å². The molecule has 1 amide bonds. The Kier molecular flexibility index (Phi) is 4.72. The summed E-state index contributed by atoms with van der Waals surface area (Å²) in [6.45, 7) is 4.32. The molecule has 0 unspecified atom stereocenters. The Hall–Kier alpha value is -3.74. The molecule has 4 aromatic rings. The Morgan fingerprint density at radius 2 is 1.82 bits per heavy atom. The minimum Gasteiger partial charge on any atom is -0.494 e. The van der Waals surface area contributed by atoms with Gasteiger partial charge in [0.05, 0.1) is 18.5 Å². The molecule has 0 aliphatic rings. The van der Waals surface area contributed by atoms with Crippen molar-refractivity contribution < 1.29 is 9.53 Å². The van der Waals surface area contributed by atoms with Crippen LogP contribution in [0.5, 0.6) is 5.75 Å². The van der Waals surface area contributed by atoms with Gasteiger partial charge in [-0.15, -0.1) is 10.2 Å². The second-order valence-corrected chi connectivity index (χ2v) is 6.21. The summed E-state index contributed by atoms with van der Waals surface area (Å²) in [6, 6.07) is 17.0. The Morgan fingerprint density at radius 3 is 2.54 bits per heavy atom. The van der Waals surface area contributed by atoms with Crippen molar-refractivity contribution in [1.82, 2.24) is 19.8 Å². The molecule has 1 N–H and O–H groups in total. The maximum absolute atomic E-state index is 12.7. The lowest BCUT2D eigenvalue weighted by Crippen LogP contribution is -2.18. The first kappa shape index (κ1) is 17.7. The summed E-state index contributed by atoms with van der Waals surface area (Å²) in [5.41, 5.74) is 3.98. The Morgan fingerprint density at radius 1 is 1.07 bits per heavy atom. The van der Waals surface area contributed by atoms with E-state index in [2.05, 4.69) is 20.6 Å². The molecule has 0 fully saturated rings. The quantitative estimate of drug-likeness (QED) is 0.576. The van der Waals surface area contributed by atoms with Gasteiger partial charge in [-0.3, -0.25) is 4.79 Å². The summed E-state index contributed by atoms with van der Waals surface area (Å²) in [4.78, 5) is 12.7. The predicted octanol–water partition coefficient (Wildman–Crippen LogP) is 3.75. The first-order chi connectivity index (χ1) is 13.7. The fourth-order valence-corrected chi connectivity index (χ4v) is 2.98. The number of hydrogen-bond acceptors (Lipinski definition) is 5. The second kappa shape index (κ2) is 7.48. The van der Waals surface area contributed by atoms with E-state index in [4.69, 9.17) is 4.74 Å². The number of rotatable bonds is 5. The summed E-state index contributed by atoms with van der Waals surface area (Å²) < 4.78 is 7.05. The Labute approximate surface area is 162 Å². The van der Waals surface area contributed by atoms with E-state index >= 15 is 0 Å². The van der Waals surface area contributed by atoms with Crippen LogP contribution in [-0.2, 0) is 0 Å². The van der Waals surface area contributed by atoms with Crippen molar-refractivity contribution in [1.29, 1.82) is 0 Å². The predicted molar refractivity (Wildman–Crippen MR) is 107 cm³/mol. The van der Waals surface area contributed by atoms with Crippen molar-refractivity contribution >= 4 is 17.2 Å². The standard InChI is InChI=1S/C21H19N5O2/c1-3-28-17-11-9-16(10-12-17)23-21(27)19-14(2)26-20(25-24-19)18(13-22-26)15-7-5-4-6-8-15/h4-13H,3H2,1-2H3,(H,23,27). The van der Waals surface area contributed by atoms with Crippen LogP contribution in [0.3, 0.4) is 0 Å². The van der Waals surface area contributed by atoms with Crippen LogP contribution < -0.4 is 10.1 Å². The van der Waals surface area contributed by atoms with Crippen LogP contribution in [0.2, 0.25) is 0 Å². The van der Waals surface area contributed by atoms with E-state index in [1.54, 1.807) is 41.9 Å². The topological polar surface area (TPSA) is 81.4 Å². The highest BCUT2D eigenvalue weighted by Gasteiger charge is 2.18. The van der Waals surface area contributed by atoms with Gasteiger partial charge in [0, 0.05) is 11.3 Å². The number of fused-ring (bicyclic) bond motifs is 1. The number of nitrogens with one attached hydrogen (secondary N) is 1. The van der Waals surface area contributed by atoms with Crippen molar-refractivity contribution in [2.24, 2.45) is 0 Å². The van der Waals surface area contributed by atoms with Crippen molar-refractivity contribution in [3.8, 4) is 16.9 Å². The number of ether oxygens (including phenoxy) is 1. The van der Waals surface area contributed by atoms with Gasteiger partial charge in [0.1, 0.15) is 5.75 Å². The highest BCUT2D eigenvalue weighted by Crippen LogP contribution is 2.24. The number of aromatic nitrogens is 4. The number of carbonyl (C=O) groups is 1. The van der Waals surface area contributed by atoms with Crippen LogP contribution >= 0.6 is 0 Å². The third-order valence-corrected chi connectivity index (χ3v) is 4.37. The van der Waals surface area contributed by atoms with Gasteiger partial charge >= 0.3 is 0 Å². The van der Waals surface area contributed by atoms with Gasteiger partial charge in [-0.05, 0) is 43.7 Å². The molecule has 0 atom stereocenters. The fourth-order valence-electron chi connectivity index (χ4n) is 2.98. The molecule has 0 saturated carbocycles. The van der Waals surface area contributed by atoms with Crippen LogP contribution in [0.25, 0.3) is 16.8 Å². The molecule has 2 aromatic heterocycles. The normalized spacial score (nSPS) is 10.8. The van der Waals surface area contributed by atoms with Crippen LogP contribution in [-0.4, -0.2) is 32.3 Å². The zero-order valence-electron chi connectivity index (χ0n) is 15.6. The Balaban J connectivity index is 1.62. The maximum Gasteiger partial charge on any atom is 0.278 e. The van der Waals surface area contributed by atoms with Crippen molar-refractivity contribution in [3.05, 3.63) is 72.2 Å². The summed E-state index contributed by atoms with van der Waals surface area (Å²) in [6.07, 6.45) is 1.74. The number of aryl methyl sites for hydroxylation is 1. The van der Waals surface area contributed by atoms with Crippen molar-refractivity contribution in [3.63, 3.8) is 0 Å². The molecule has 7 heteroatoms. The summed E-state index contributed by atoms with van der Waals surface area (Å²) in [5.74, 6) is 0.413. The SMILES string of the molecule is CCOc1ccc(NC(=O)c2nnc3c(-c4ccccc4)cnn3c2C)cc1. The summed E-state index contributed by atoms with van der Waals surface area (Å²) >= 11 is 0. The van der Waals surface area contributed by atoms with E-state index in [0.29, 0.717) is 23.6 Å². The minimum atomic E-state index is -0.340. The fraction of sp³-hybridized carbons (Fsp3) is 0.143. The van der Waals surface area contributed by atoms with E-state index in [1.165, 1.54) is 0 Å². The lowest BCUT2D eigenvalue weighted by molar-refractivity contribution is 0.102. The minimum absolute atomic E-state index is 0.226. The number of amides is 1. The molecule has 0 saturated heterocycles. The third-order valence-electron chi connectivity index (χ3n) is 4.37. The lowest BCUT2D eigenvalue weighted by atomic mass is 10.1. The largest absolute Gasteiger partial charge is 0.494 e. The number of nitrogens with zero attached hydrogens (tertiary/aromatic N) is 4. The van der Waals surface area contributed by atoms with E-state index in [1.807, 2.05) is 37.3 Å². The maximum atomic E-state index is 12.7. The smallest absolute Gasteiger partial charge is 0.278 e. The van der Waals surface area contributed by atoms with Crippen LogP contribution in [0.15, 0.2) is 60.8 Å². The molecule has 0 bridgehead atoms.